The van der Waals surface area contributed by atoms with Crippen molar-refractivity contribution in [2.45, 2.75) is 25.9 Å². The predicted octanol–water partition coefficient (Wildman–Crippen LogP) is 3.42. The number of nitrogens with zero attached hydrogens (tertiary/aromatic N) is 2. The minimum absolute atomic E-state index is 0.136. The van der Waals surface area contributed by atoms with Gasteiger partial charge in [0.1, 0.15) is 6.54 Å². The van der Waals surface area contributed by atoms with Gasteiger partial charge in [0.15, 0.2) is 0 Å². The number of alkyl halides is 3. The van der Waals surface area contributed by atoms with Gasteiger partial charge in [-0.1, -0.05) is 23.8 Å². The van der Waals surface area contributed by atoms with Crippen LogP contribution < -0.4 is 0 Å². The van der Waals surface area contributed by atoms with Gasteiger partial charge in [-0.25, -0.2) is 0 Å². The largest absolute Gasteiger partial charge is 0.406 e. The van der Waals surface area contributed by atoms with Crippen LogP contribution in [0.4, 0.5) is 13.2 Å². The van der Waals surface area contributed by atoms with E-state index in [1.54, 1.807) is 17.0 Å². The number of piperidine rings is 1. The van der Waals surface area contributed by atoms with Crippen molar-refractivity contribution in [1.29, 1.82) is 0 Å². The van der Waals surface area contributed by atoms with E-state index in [1.165, 1.54) is 6.08 Å². The highest BCUT2D eigenvalue weighted by Gasteiger charge is 2.37. The van der Waals surface area contributed by atoms with Gasteiger partial charge in [-0.3, -0.25) is 9.59 Å². The fourth-order valence-electron chi connectivity index (χ4n) is 3.10. The first-order chi connectivity index (χ1) is 12.2. The van der Waals surface area contributed by atoms with E-state index in [9.17, 15) is 22.8 Å². The predicted molar refractivity (Wildman–Crippen MR) is 92.6 cm³/mol. The van der Waals surface area contributed by atoms with E-state index in [0.29, 0.717) is 24.9 Å². The molecule has 7 heteroatoms. The van der Waals surface area contributed by atoms with Crippen LogP contribution in [0.5, 0.6) is 0 Å². The average Bonchev–Trinajstić information content (AvgIpc) is 2.60. The Morgan fingerprint density at radius 2 is 1.96 bits per heavy atom. The Bertz CT molecular complexity index is 656. The maximum Gasteiger partial charge on any atom is 0.406 e. The second-order valence-electron chi connectivity index (χ2n) is 6.58. The number of aryl methyl sites for hydroxylation is 1. The normalized spacial score (nSPS) is 17.7. The van der Waals surface area contributed by atoms with Gasteiger partial charge in [0.25, 0.3) is 5.91 Å². The van der Waals surface area contributed by atoms with E-state index >= 15 is 0 Å². The fraction of sp³-hybridized carbons (Fsp3) is 0.474. The van der Waals surface area contributed by atoms with Crippen LogP contribution in [-0.4, -0.2) is 54.0 Å². The first kappa shape index (κ1) is 20.0. The molecular formula is C19H23F3N2O2. The topological polar surface area (TPSA) is 40.6 Å². The number of amides is 2. The van der Waals surface area contributed by atoms with Gasteiger partial charge in [-0.2, -0.15) is 13.2 Å². The monoisotopic (exact) mass is 368 g/mol. The van der Waals surface area contributed by atoms with Gasteiger partial charge in [0.2, 0.25) is 5.91 Å². The average molecular weight is 368 g/mol. The standard InChI is InChI=1S/C19H23F3N2O2/c1-3-10-24(13-19(20,21)22)18(26)16-5-4-11-23(12-16)17(25)15-8-6-14(2)7-9-15/h3,6-9,16H,1,4-5,10-13H2,2H3. The maximum atomic E-state index is 12.7. The molecule has 1 unspecified atom stereocenters. The van der Waals surface area contributed by atoms with Gasteiger partial charge in [-0.15, -0.1) is 6.58 Å². The van der Waals surface area contributed by atoms with Gasteiger partial charge >= 0.3 is 6.18 Å². The zero-order chi connectivity index (χ0) is 19.3. The minimum atomic E-state index is -4.47. The Kier molecular flexibility index (Phi) is 6.45. The number of benzene rings is 1. The number of likely N-dealkylation sites (tertiary alicyclic amines) is 1. The Morgan fingerprint density at radius 3 is 2.54 bits per heavy atom. The third kappa shape index (κ3) is 5.34. The number of halogens is 3. The van der Waals surface area contributed by atoms with Crippen LogP contribution >= 0.6 is 0 Å². The molecule has 1 atom stereocenters. The van der Waals surface area contributed by atoms with Crippen molar-refractivity contribution in [1.82, 2.24) is 9.80 Å². The second kappa shape index (κ2) is 8.38. The highest BCUT2D eigenvalue weighted by Crippen LogP contribution is 2.23. The summed E-state index contributed by atoms with van der Waals surface area (Å²) in [4.78, 5) is 27.5. The van der Waals surface area contributed by atoms with Crippen molar-refractivity contribution in [3.8, 4) is 0 Å². The number of hydrogen-bond acceptors (Lipinski definition) is 2. The number of carbonyl (C=O) groups is 2. The SMILES string of the molecule is C=CCN(CC(F)(F)F)C(=O)C1CCCN(C(=O)c2ccc(C)cc2)C1. The molecule has 0 bridgehead atoms. The molecule has 0 radical (unpaired) electrons. The van der Waals surface area contributed by atoms with Crippen LogP contribution in [0.1, 0.15) is 28.8 Å². The first-order valence-corrected chi connectivity index (χ1v) is 8.53. The molecule has 0 saturated carbocycles. The van der Waals surface area contributed by atoms with Gasteiger partial charge < -0.3 is 9.80 Å². The quantitative estimate of drug-likeness (QED) is 0.747. The zero-order valence-electron chi connectivity index (χ0n) is 14.8. The fourth-order valence-corrected chi connectivity index (χ4v) is 3.10. The number of hydrogen-bond donors (Lipinski definition) is 0. The molecule has 0 aromatic heterocycles. The lowest BCUT2D eigenvalue weighted by molar-refractivity contribution is -0.163. The highest BCUT2D eigenvalue weighted by atomic mass is 19.4. The minimum Gasteiger partial charge on any atom is -0.338 e. The summed E-state index contributed by atoms with van der Waals surface area (Å²) in [7, 11) is 0. The number of rotatable bonds is 5. The Morgan fingerprint density at radius 1 is 1.31 bits per heavy atom. The summed E-state index contributed by atoms with van der Waals surface area (Å²) in [6, 6.07) is 7.09. The summed E-state index contributed by atoms with van der Waals surface area (Å²) in [6.07, 6.45) is -2.13. The molecule has 0 spiro atoms. The maximum absolute atomic E-state index is 12.7. The molecule has 0 aliphatic carbocycles. The van der Waals surface area contributed by atoms with Gasteiger partial charge in [0.05, 0.1) is 5.92 Å². The molecule has 1 aliphatic heterocycles. The number of carbonyl (C=O) groups excluding carboxylic acids is 2. The Labute approximate surface area is 151 Å². The molecular weight excluding hydrogens is 345 g/mol. The van der Waals surface area contributed by atoms with Crippen LogP contribution in [-0.2, 0) is 4.79 Å². The third-order valence-corrected chi connectivity index (χ3v) is 4.39. The van der Waals surface area contributed by atoms with Crippen LogP contribution in [0, 0.1) is 12.8 Å². The molecule has 26 heavy (non-hydrogen) atoms. The Hall–Kier alpha value is -2.31. The second-order valence-corrected chi connectivity index (χ2v) is 6.58. The summed E-state index contributed by atoms with van der Waals surface area (Å²) < 4.78 is 38.2. The summed E-state index contributed by atoms with van der Waals surface area (Å²) in [5, 5.41) is 0. The molecule has 1 saturated heterocycles. The molecule has 2 rings (SSSR count). The van der Waals surface area contributed by atoms with Crippen LogP contribution in [0.15, 0.2) is 36.9 Å². The summed E-state index contributed by atoms with van der Waals surface area (Å²) in [5.41, 5.74) is 1.54. The molecule has 1 aliphatic rings. The lowest BCUT2D eigenvalue weighted by Crippen LogP contribution is -2.48. The lowest BCUT2D eigenvalue weighted by atomic mass is 9.95. The van der Waals surface area contributed by atoms with E-state index in [-0.39, 0.29) is 19.0 Å². The lowest BCUT2D eigenvalue weighted by Gasteiger charge is -2.35. The highest BCUT2D eigenvalue weighted by molar-refractivity contribution is 5.94. The van der Waals surface area contributed by atoms with Gasteiger partial charge in [0, 0.05) is 25.2 Å². The van der Waals surface area contributed by atoms with Crippen molar-refractivity contribution >= 4 is 11.8 Å². The van der Waals surface area contributed by atoms with Crippen LogP contribution in [0.2, 0.25) is 0 Å². The van der Waals surface area contributed by atoms with E-state index in [2.05, 4.69) is 6.58 Å². The van der Waals surface area contributed by atoms with Crippen LogP contribution in [0.3, 0.4) is 0 Å². The summed E-state index contributed by atoms with van der Waals surface area (Å²) >= 11 is 0. The third-order valence-electron chi connectivity index (χ3n) is 4.39. The molecule has 1 aromatic carbocycles. The summed E-state index contributed by atoms with van der Waals surface area (Å²) in [6.45, 7) is 4.50. The van der Waals surface area contributed by atoms with E-state index in [4.69, 9.17) is 0 Å². The van der Waals surface area contributed by atoms with E-state index < -0.39 is 24.5 Å². The molecule has 142 valence electrons. The molecule has 1 fully saturated rings. The van der Waals surface area contributed by atoms with Crippen molar-refractivity contribution in [2.75, 3.05) is 26.2 Å². The van der Waals surface area contributed by atoms with E-state index in [0.717, 1.165) is 10.5 Å². The molecule has 2 amide bonds. The van der Waals surface area contributed by atoms with Crippen molar-refractivity contribution in [3.63, 3.8) is 0 Å². The smallest absolute Gasteiger partial charge is 0.338 e. The summed E-state index contributed by atoms with van der Waals surface area (Å²) in [5.74, 6) is -1.40. The van der Waals surface area contributed by atoms with Crippen LogP contribution in [0.25, 0.3) is 0 Å². The molecule has 4 nitrogen and oxygen atoms in total. The van der Waals surface area contributed by atoms with Gasteiger partial charge in [-0.05, 0) is 31.9 Å². The molecule has 1 aromatic rings. The molecule has 0 N–H and O–H groups in total. The van der Waals surface area contributed by atoms with Crippen molar-refractivity contribution in [2.24, 2.45) is 5.92 Å². The van der Waals surface area contributed by atoms with E-state index in [1.807, 2.05) is 19.1 Å². The van der Waals surface area contributed by atoms with Crippen molar-refractivity contribution < 1.29 is 22.8 Å². The Balaban J connectivity index is 2.08. The molecule has 1 heterocycles. The first-order valence-electron chi connectivity index (χ1n) is 8.53. The van der Waals surface area contributed by atoms with Crippen molar-refractivity contribution in [3.05, 3.63) is 48.0 Å². The zero-order valence-corrected chi connectivity index (χ0v) is 14.8.